The second kappa shape index (κ2) is 11.0. The van der Waals surface area contributed by atoms with E-state index >= 15 is 0 Å². The molecule has 8 heteroatoms. The maximum absolute atomic E-state index is 12.7. The van der Waals surface area contributed by atoms with Crippen molar-refractivity contribution in [3.8, 4) is 5.75 Å². The topological polar surface area (TPSA) is 83.5 Å². The Kier molecular flexibility index (Phi) is 8.11. The Morgan fingerprint density at radius 3 is 2.50 bits per heavy atom. The van der Waals surface area contributed by atoms with Crippen LogP contribution in [0.5, 0.6) is 5.75 Å². The summed E-state index contributed by atoms with van der Waals surface area (Å²) in [5.74, 6) is 5.05. The van der Waals surface area contributed by atoms with Gasteiger partial charge in [-0.05, 0) is 60.9 Å². The van der Waals surface area contributed by atoms with Crippen LogP contribution in [0.25, 0.3) is 12.2 Å². The number of pyridine rings is 1. The van der Waals surface area contributed by atoms with Crippen LogP contribution < -0.4 is 16.2 Å². The van der Waals surface area contributed by atoms with Gasteiger partial charge >= 0.3 is 5.97 Å². The molecule has 0 bridgehead atoms. The summed E-state index contributed by atoms with van der Waals surface area (Å²) in [6, 6.07) is 15.8. The first-order chi connectivity index (χ1) is 15.4. The zero-order valence-electron chi connectivity index (χ0n) is 17.4. The summed E-state index contributed by atoms with van der Waals surface area (Å²) in [6.07, 6.45) is 4.17. The van der Waals surface area contributed by atoms with Gasteiger partial charge in [0, 0.05) is 6.54 Å². The van der Waals surface area contributed by atoms with Gasteiger partial charge in [0.05, 0.1) is 22.9 Å². The smallest absolute Gasteiger partial charge is 0.356 e. The average Bonchev–Trinajstić information content (AvgIpc) is 2.80. The molecular formula is C24H22Cl2N2O4. The van der Waals surface area contributed by atoms with E-state index in [-0.39, 0.29) is 10.6 Å². The third kappa shape index (κ3) is 5.79. The molecule has 0 saturated heterocycles. The molecule has 0 atom stereocenters. The molecule has 6 nitrogen and oxygen atoms in total. The number of ether oxygens (including phenoxy) is 1. The van der Waals surface area contributed by atoms with Crippen LogP contribution in [0.2, 0.25) is 10.0 Å². The fourth-order valence-electron chi connectivity index (χ4n) is 3.17. The van der Waals surface area contributed by atoms with Crippen molar-refractivity contribution in [2.45, 2.75) is 19.9 Å². The number of carbonyl (C=O) groups is 1. The Morgan fingerprint density at radius 2 is 1.81 bits per heavy atom. The molecule has 3 rings (SSSR count). The van der Waals surface area contributed by atoms with Gasteiger partial charge in [-0.25, -0.2) is 4.79 Å². The maximum atomic E-state index is 12.7. The summed E-state index contributed by atoms with van der Waals surface area (Å²) in [4.78, 5) is 28.4. The van der Waals surface area contributed by atoms with Crippen molar-refractivity contribution < 1.29 is 14.4 Å². The van der Waals surface area contributed by atoms with Crippen molar-refractivity contribution >= 4 is 41.3 Å². The average molecular weight is 473 g/mol. The molecule has 166 valence electrons. The van der Waals surface area contributed by atoms with Gasteiger partial charge < -0.3 is 14.1 Å². The third-order valence-corrected chi connectivity index (χ3v) is 5.34. The molecular weight excluding hydrogens is 451 g/mol. The quantitative estimate of drug-likeness (QED) is 0.466. The van der Waals surface area contributed by atoms with Gasteiger partial charge in [0.25, 0.3) is 5.56 Å². The van der Waals surface area contributed by atoms with E-state index in [4.69, 9.17) is 33.8 Å². The van der Waals surface area contributed by atoms with Crippen molar-refractivity contribution in [3.05, 3.63) is 97.4 Å². The first-order valence-corrected chi connectivity index (χ1v) is 10.7. The highest BCUT2D eigenvalue weighted by Crippen LogP contribution is 2.22. The normalized spacial score (nSPS) is 11.0. The molecule has 32 heavy (non-hydrogen) atoms. The SMILES string of the molecule is CCOc1cccc(/C=C/c2c(Cl)cc(Cl)c(=O)n2CCc2ccc(C(=O)ON)cc2)c1. The summed E-state index contributed by atoms with van der Waals surface area (Å²) in [5.41, 5.74) is 2.38. The van der Waals surface area contributed by atoms with Gasteiger partial charge in [-0.2, -0.15) is 5.90 Å². The van der Waals surface area contributed by atoms with Crippen LogP contribution >= 0.6 is 23.2 Å². The lowest BCUT2D eigenvalue weighted by Gasteiger charge is -2.13. The molecule has 2 N–H and O–H groups in total. The van der Waals surface area contributed by atoms with E-state index in [0.29, 0.717) is 35.9 Å². The van der Waals surface area contributed by atoms with Crippen molar-refractivity contribution in [1.29, 1.82) is 0 Å². The molecule has 0 aliphatic carbocycles. The summed E-state index contributed by atoms with van der Waals surface area (Å²) in [6.45, 7) is 2.84. The molecule has 0 fully saturated rings. The summed E-state index contributed by atoms with van der Waals surface area (Å²) >= 11 is 12.5. The number of halogens is 2. The van der Waals surface area contributed by atoms with Crippen LogP contribution in [0.3, 0.4) is 0 Å². The molecule has 3 aromatic rings. The zero-order chi connectivity index (χ0) is 23.1. The van der Waals surface area contributed by atoms with Crippen LogP contribution in [-0.4, -0.2) is 17.1 Å². The molecule has 0 aliphatic rings. The van der Waals surface area contributed by atoms with Crippen LogP contribution in [0, 0.1) is 0 Å². The van der Waals surface area contributed by atoms with Crippen LogP contribution in [-0.2, 0) is 17.8 Å². The Hall–Kier alpha value is -3.06. The van der Waals surface area contributed by atoms with E-state index in [9.17, 15) is 9.59 Å². The lowest BCUT2D eigenvalue weighted by Crippen LogP contribution is -2.24. The van der Waals surface area contributed by atoms with E-state index in [1.807, 2.05) is 37.3 Å². The monoisotopic (exact) mass is 472 g/mol. The van der Waals surface area contributed by atoms with E-state index in [2.05, 4.69) is 4.84 Å². The van der Waals surface area contributed by atoms with Gasteiger partial charge in [-0.1, -0.05) is 53.5 Å². The number of hydrogen-bond acceptors (Lipinski definition) is 5. The van der Waals surface area contributed by atoms with Gasteiger partial charge in [0.15, 0.2) is 0 Å². The minimum atomic E-state index is -0.616. The number of nitrogens with two attached hydrogens (primary N) is 1. The molecule has 0 unspecified atom stereocenters. The van der Waals surface area contributed by atoms with Crippen LogP contribution in [0.1, 0.15) is 34.1 Å². The first kappa shape index (κ1) is 23.6. The number of carbonyl (C=O) groups excluding carboxylic acids is 1. The highest BCUT2D eigenvalue weighted by molar-refractivity contribution is 6.35. The minimum absolute atomic E-state index is 0.0477. The number of aromatic nitrogens is 1. The fraction of sp³-hybridized carbons (Fsp3) is 0.167. The standard InChI is InChI=1S/C24H22Cl2N2O4/c1-2-31-19-5-3-4-17(14-19)8-11-22-20(25)15-21(26)23(29)28(22)13-12-16-6-9-18(10-7-16)24(30)32-27/h3-11,14-15H,2,12-13,27H2,1H3/b11-8+. The van der Waals surface area contributed by atoms with Crippen molar-refractivity contribution in [3.63, 3.8) is 0 Å². The van der Waals surface area contributed by atoms with E-state index in [1.165, 1.54) is 10.6 Å². The summed E-state index contributed by atoms with van der Waals surface area (Å²) in [5, 5.41) is 0.416. The van der Waals surface area contributed by atoms with Gasteiger partial charge in [-0.3, -0.25) is 4.79 Å². The molecule has 1 aromatic heterocycles. The first-order valence-electron chi connectivity index (χ1n) is 9.92. The highest BCUT2D eigenvalue weighted by atomic mass is 35.5. The third-order valence-electron chi connectivity index (χ3n) is 4.76. The maximum Gasteiger partial charge on any atom is 0.356 e. The Labute approximate surface area is 195 Å². The number of rotatable bonds is 8. The Bertz CT molecular complexity index is 1190. The predicted molar refractivity (Wildman–Crippen MR) is 127 cm³/mol. The Balaban J connectivity index is 1.87. The van der Waals surface area contributed by atoms with Crippen molar-refractivity contribution in [2.75, 3.05) is 6.61 Å². The van der Waals surface area contributed by atoms with E-state index < -0.39 is 5.97 Å². The summed E-state index contributed by atoms with van der Waals surface area (Å²) in [7, 11) is 0. The van der Waals surface area contributed by atoms with Crippen LogP contribution in [0.4, 0.5) is 0 Å². The second-order valence-corrected chi connectivity index (χ2v) is 7.69. The molecule has 0 amide bonds. The largest absolute Gasteiger partial charge is 0.494 e. The van der Waals surface area contributed by atoms with Gasteiger partial charge in [0.1, 0.15) is 10.8 Å². The number of benzene rings is 2. The molecule has 0 aliphatic heterocycles. The zero-order valence-corrected chi connectivity index (χ0v) is 18.9. The predicted octanol–water partition coefficient (Wildman–Crippen LogP) is 5.00. The number of aryl methyl sites for hydroxylation is 1. The summed E-state index contributed by atoms with van der Waals surface area (Å²) < 4.78 is 7.07. The molecule has 2 aromatic carbocycles. The highest BCUT2D eigenvalue weighted by Gasteiger charge is 2.12. The minimum Gasteiger partial charge on any atom is -0.494 e. The Morgan fingerprint density at radius 1 is 1.06 bits per heavy atom. The van der Waals surface area contributed by atoms with E-state index in [0.717, 1.165) is 16.9 Å². The number of hydrogen-bond donors (Lipinski definition) is 1. The lowest BCUT2D eigenvalue weighted by molar-refractivity contribution is 0.0503. The fourth-order valence-corrected chi connectivity index (χ4v) is 3.71. The molecule has 0 spiro atoms. The van der Waals surface area contributed by atoms with Crippen molar-refractivity contribution in [2.24, 2.45) is 5.90 Å². The van der Waals surface area contributed by atoms with Crippen molar-refractivity contribution in [1.82, 2.24) is 4.57 Å². The van der Waals surface area contributed by atoms with Crippen LogP contribution in [0.15, 0.2) is 59.4 Å². The van der Waals surface area contributed by atoms with E-state index in [1.54, 1.807) is 30.3 Å². The van der Waals surface area contributed by atoms with Gasteiger partial charge in [0.2, 0.25) is 0 Å². The van der Waals surface area contributed by atoms with Gasteiger partial charge in [-0.15, -0.1) is 0 Å². The number of nitrogens with zero attached hydrogens (tertiary/aromatic N) is 1. The molecule has 0 radical (unpaired) electrons. The molecule has 1 heterocycles. The lowest BCUT2D eigenvalue weighted by atomic mass is 10.1. The second-order valence-electron chi connectivity index (χ2n) is 6.87. The molecule has 0 saturated carbocycles.